The van der Waals surface area contributed by atoms with Crippen LogP contribution in [0.4, 0.5) is 0 Å². The molecule has 0 saturated carbocycles. The molecule has 0 radical (unpaired) electrons. The summed E-state index contributed by atoms with van der Waals surface area (Å²) < 4.78 is 16.4. The molecule has 0 aliphatic heterocycles. The van der Waals surface area contributed by atoms with E-state index in [0.717, 1.165) is 0 Å². The van der Waals surface area contributed by atoms with E-state index in [1.807, 2.05) is 26.0 Å². The standard InChI is InChI=1S/C17H23ClN2O4/c1-11(2)19-8-13(21)9-22-15-6-4-5-7-16(15)23-10-14-17(18)12(3)24-20-14/h4-7,11,13,19,21H,8-10H2,1-3H3. The highest BCUT2D eigenvalue weighted by molar-refractivity contribution is 6.31. The lowest BCUT2D eigenvalue weighted by Gasteiger charge is -2.16. The lowest BCUT2D eigenvalue weighted by Crippen LogP contribution is -2.35. The Morgan fingerprint density at radius 3 is 2.50 bits per heavy atom. The third-order valence-corrected chi connectivity index (χ3v) is 3.75. The van der Waals surface area contributed by atoms with Gasteiger partial charge in [0.05, 0.1) is 0 Å². The molecular formula is C17H23ClN2O4. The van der Waals surface area contributed by atoms with E-state index in [0.29, 0.717) is 40.6 Å². The van der Waals surface area contributed by atoms with Gasteiger partial charge in [-0.3, -0.25) is 0 Å². The van der Waals surface area contributed by atoms with Crippen LogP contribution in [-0.4, -0.2) is 35.6 Å². The van der Waals surface area contributed by atoms with Gasteiger partial charge in [0.2, 0.25) is 0 Å². The highest BCUT2D eigenvalue weighted by atomic mass is 35.5. The Hall–Kier alpha value is -1.76. The number of aliphatic hydroxyl groups is 1. The molecule has 1 aromatic heterocycles. The minimum atomic E-state index is -0.604. The number of nitrogens with one attached hydrogen (secondary N) is 1. The Kier molecular flexibility index (Phi) is 6.90. The molecule has 0 aliphatic carbocycles. The fourth-order valence-electron chi connectivity index (χ4n) is 1.95. The van der Waals surface area contributed by atoms with Crippen LogP contribution in [0.2, 0.25) is 5.02 Å². The summed E-state index contributed by atoms with van der Waals surface area (Å²) in [7, 11) is 0. The molecule has 2 aromatic rings. The molecule has 24 heavy (non-hydrogen) atoms. The van der Waals surface area contributed by atoms with Crippen molar-refractivity contribution in [2.45, 2.75) is 39.5 Å². The van der Waals surface area contributed by atoms with Crippen molar-refractivity contribution in [1.82, 2.24) is 10.5 Å². The molecule has 2 rings (SSSR count). The summed E-state index contributed by atoms with van der Waals surface area (Å²) in [5.41, 5.74) is 0.533. The second kappa shape index (κ2) is 8.92. The number of halogens is 1. The highest BCUT2D eigenvalue weighted by Crippen LogP contribution is 2.28. The Morgan fingerprint density at radius 1 is 1.25 bits per heavy atom. The van der Waals surface area contributed by atoms with Crippen molar-refractivity contribution in [3.8, 4) is 11.5 Å². The number of nitrogens with zero attached hydrogens (tertiary/aromatic N) is 1. The number of rotatable bonds is 9. The molecular weight excluding hydrogens is 332 g/mol. The van der Waals surface area contributed by atoms with E-state index in [4.69, 9.17) is 25.6 Å². The average molecular weight is 355 g/mol. The van der Waals surface area contributed by atoms with E-state index < -0.39 is 6.10 Å². The number of hydrogen-bond acceptors (Lipinski definition) is 6. The predicted molar refractivity (Wildman–Crippen MR) is 91.7 cm³/mol. The van der Waals surface area contributed by atoms with Crippen molar-refractivity contribution >= 4 is 11.6 Å². The minimum Gasteiger partial charge on any atom is -0.487 e. The Bertz CT molecular complexity index is 645. The van der Waals surface area contributed by atoms with Gasteiger partial charge in [-0.05, 0) is 19.1 Å². The third-order valence-electron chi connectivity index (χ3n) is 3.26. The lowest BCUT2D eigenvalue weighted by molar-refractivity contribution is 0.102. The van der Waals surface area contributed by atoms with E-state index in [2.05, 4.69) is 10.5 Å². The summed E-state index contributed by atoms with van der Waals surface area (Å²) >= 11 is 6.07. The maximum absolute atomic E-state index is 9.93. The summed E-state index contributed by atoms with van der Waals surface area (Å²) in [4.78, 5) is 0. The zero-order valence-corrected chi connectivity index (χ0v) is 14.8. The number of aliphatic hydroxyl groups excluding tert-OH is 1. The van der Waals surface area contributed by atoms with Crippen LogP contribution >= 0.6 is 11.6 Å². The topological polar surface area (TPSA) is 76.8 Å². The van der Waals surface area contributed by atoms with Gasteiger partial charge >= 0.3 is 0 Å². The smallest absolute Gasteiger partial charge is 0.161 e. The third kappa shape index (κ3) is 5.40. The van der Waals surface area contributed by atoms with Crippen LogP contribution in [0.1, 0.15) is 25.3 Å². The largest absolute Gasteiger partial charge is 0.487 e. The van der Waals surface area contributed by atoms with Crippen molar-refractivity contribution in [3.63, 3.8) is 0 Å². The van der Waals surface area contributed by atoms with Crippen molar-refractivity contribution in [3.05, 3.63) is 40.7 Å². The molecule has 0 fully saturated rings. The zero-order valence-electron chi connectivity index (χ0n) is 14.1. The van der Waals surface area contributed by atoms with E-state index >= 15 is 0 Å². The number of hydrogen-bond donors (Lipinski definition) is 2. The first kappa shape index (κ1) is 18.6. The van der Waals surface area contributed by atoms with E-state index in [1.165, 1.54) is 0 Å². The van der Waals surface area contributed by atoms with E-state index in [-0.39, 0.29) is 13.2 Å². The van der Waals surface area contributed by atoms with Crippen LogP contribution in [-0.2, 0) is 6.61 Å². The number of ether oxygens (including phenoxy) is 2. The fourth-order valence-corrected chi connectivity index (χ4v) is 2.07. The first-order valence-corrected chi connectivity index (χ1v) is 8.22. The maximum atomic E-state index is 9.93. The number of benzene rings is 1. The fraction of sp³-hybridized carbons (Fsp3) is 0.471. The van der Waals surface area contributed by atoms with Gasteiger partial charge in [0.25, 0.3) is 0 Å². The van der Waals surface area contributed by atoms with Crippen LogP contribution in [0.25, 0.3) is 0 Å². The molecule has 0 bridgehead atoms. The van der Waals surface area contributed by atoms with Crippen molar-refractivity contribution in [1.29, 1.82) is 0 Å². The molecule has 6 nitrogen and oxygen atoms in total. The summed E-state index contributed by atoms with van der Waals surface area (Å²) in [6, 6.07) is 7.57. The van der Waals surface area contributed by atoms with E-state index in [1.54, 1.807) is 19.1 Å². The van der Waals surface area contributed by atoms with Gasteiger partial charge in [-0.1, -0.05) is 42.7 Å². The van der Waals surface area contributed by atoms with Gasteiger partial charge in [-0.2, -0.15) is 0 Å². The van der Waals surface area contributed by atoms with Crippen LogP contribution < -0.4 is 14.8 Å². The number of aromatic nitrogens is 1. The summed E-state index contributed by atoms with van der Waals surface area (Å²) in [5, 5.41) is 17.4. The molecule has 0 spiro atoms. The average Bonchev–Trinajstić information content (AvgIpc) is 2.88. The molecule has 1 unspecified atom stereocenters. The molecule has 1 heterocycles. The SMILES string of the molecule is Cc1onc(COc2ccccc2OCC(O)CNC(C)C)c1Cl. The lowest BCUT2D eigenvalue weighted by atomic mass is 10.3. The number of aryl methyl sites for hydroxylation is 1. The maximum Gasteiger partial charge on any atom is 0.161 e. The van der Waals surface area contributed by atoms with E-state index in [9.17, 15) is 5.11 Å². The van der Waals surface area contributed by atoms with Gasteiger partial charge in [-0.15, -0.1) is 0 Å². The monoisotopic (exact) mass is 354 g/mol. The van der Waals surface area contributed by atoms with Crippen molar-refractivity contribution in [2.24, 2.45) is 0 Å². The van der Waals surface area contributed by atoms with Gasteiger partial charge < -0.3 is 24.4 Å². The van der Waals surface area contributed by atoms with Crippen molar-refractivity contribution < 1.29 is 19.1 Å². The summed E-state index contributed by atoms with van der Waals surface area (Å²) in [6.07, 6.45) is -0.604. The van der Waals surface area contributed by atoms with Crippen LogP contribution in [0.3, 0.4) is 0 Å². The summed E-state index contributed by atoms with van der Waals surface area (Å²) in [5.74, 6) is 1.66. The van der Waals surface area contributed by atoms with Gasteiger partial charge in [0.15, 0.2) is 17.3 Å². The first-order chi connectivity index (χ1) is 11.5. The Morgan fingerprint density at radius 2 is 1.92 bits per heavy atom. The predicted octanol–water partition coefficient (Wildman–Crippen LogP) is 2.95. The molecule has 7 heteroatoms. The highest BCUT2D eigenvalue weighted by Gasteiger charge is 2.13. The number of para-hydroxylation sites is 2. The van der Waals surface area contributed by atoms with Crippen LogP contribution in [0.5, 0.6) is 11.5 Å². The zero-order chi connectivity index (χ0) is 17.5. The molecule has 0 amide bonds. The van der Waals surface area contributed by atoms with Crippen LogP contribution in [0, 0.1) is 6.92 Å². The minimum absolute atomic E-state index is 0.171. The molecule has 1 atom stereocenters. The van der Waals surface area contributed by atoms with Crippen LogP contribution in [0.15, 0.2) is 28.8 Å². The molecule has 0 saturated heterocycles. The Balaban J connectivity index is 1.91. The second-order valence-electron chi connectivity index (χ2n) is 5.76. The van der Waals surface area contributed by atoms with Gasteiger partial charge in [-0.25, -0.2) is 0 Å². The molecule has 132 valence electrons. The summed E-state index contributed by atoms with van der Waals surface area (Å²) in [6.45, 7) is 6.59. The van der Waals surface area contributed by atoms with Gasteiger partial charge in [0.1, 0.15) is 30.0 Å². The molecule has 2 N–H and O–H groups in total. The van der Waals surface area contributed by atoms with Crippen molar-refractivity contribution in [2.75, 3.05) is 13.2 Å². The quantitative estimate of drug-likeness (QED) is 0.721. The molecule has 0 aliphatic rings. The first-order valence-electron chi connectivity index (χ1n) is 7.84. The second-order valence-corrected chi connectivity index (χ2v) is 6.14. The normalized spacial score (nSPS) is 12.4. The van der Waals surface area contributed by atoms with Gasteiger partial charge in [0, 0.05) is 12.6 Å². The Labute approximate surface area is 146 Å². The molecule has 1 aromatic carbocycles.